The van der Waals surface area contributed by atoms with E-state index >= 15 is 0 Å². The number of likely N-dealkylation sites (tertiary alicyclic amines) is 1. The number of thiophene rings is 1. The van der Waals surface area contributed by atoms with Gasteiger partial charge in [-0.25, -0.2) is 0 Å². The van der Waals surface area contributed by atoms with Gasteiger partial charge in [-0.1, -0.05) is 6.07 Å². The van der Waals surface area contributed by atoms with Gasteiger partial charge in [-0.15, -0.1) is 22.9 Å². The Kier molecular flexibility index (Phi) is 2.56. The van der Waals surface area contributed by atoms with E-state index in [1.807, 2.05) is 22.4 Å². The van der Waals surface area contributed by atoms with Crippen molar-refractivity contribution < 1.29 is 4.79 Å². The number of nitrogens with zero attached hydrogens (tertiary/aromatic N) is 1. The van der Waals surface area contributed by atoms with Gasteiger partial charge in [0.05, 0.1) is 11.9 Å². The number of carbonyl (C=O) groups excluding carboxylic acids is 1. The summed E-state index contributed by atoms with van der Waals surface area (Å²) in [6, 6.07) is 4.04. The molecule has 1 aromatic heterocycles. The Labute approximate surface area is 86.1 Å². The maximum absolute atomic E-state index is 11.4. The molecule has 70 valence electrons. The van der Waals surface area contributed by atoms with Crippen LogP contribution in [-0.2, 0) is 11.3 Å². The molecular formula is C9H10ClNOS. The first-order valence-electron chi connectivity index (χ1n) is 4.20. The van der Waals surface area contributed by atoms with Crippen LogP contribution < -0.4 is 0 Å². The molecule has 0 aliphatic carbocycles. The summed E-state index contributed by atoms with van der Waals surface area (Å²) < 4.78 is 0. The molecular weight excluding hydrogens is 206 g/mol. The van der Waals surface area contributed by atoms with Crippen LogP contribution in [-0.4, -0.2) is 22.7 Å². The summed E-state index contributed by atoms with van der Waals surface area (Å²) in [5.74, 6) is 0.174. The molecule has 1 aliphatic rings. The van der Waals surface area contributed by atoms with Crippen molar-refractivity contribution in [3.63, 3.8) is 0 Å². The number of amides is 1. The molecule has 0 saturated carbocycles. The van der Waals surface area contributed by atoms with Crippen LogP contribution in [0.2, 0.25) is 0 Å². The summed E-state index contributed by atoms with van der Waals surface area (Å²) in [5, 5.41) is 2.03. The third-order valence-corrected chi connectivity index (χ3v) is 3.25. The zero-order valence-corrected chi connectivity index (χ0v) is 8.64. The minimum absolute atomic E-state index is 0.00691. The Balaban J connectivity index is 1.99. The summed E-state index contributed by atoms with van der Waals surface area (Å²) in [6.45, 7) is 1.41. The number of alkyl halides is 1. The van der Waals surface area contributed by atoms with E-state index < -0.39 is 0 Å². The number of hydrogen-bond acceptors (Lipinski definition) is 2. The van der Waals surface area contributed by atoms with Gasteiger partial charge in [0.25, 0.3) is 0 Å². The highest BCUT2D eigenvalue weighted by molar-refractivity contribution is 7.09. The van der Waals surface area contributed by atoms with Gasteiger partial charge >= 0.3 is 0 Å². The predicted molar refractivity (Wildman–Crippen MR) is 54.0 cm³/mol. The van der Waals surface area contributed by atoms with Crippen LogP contribution in [0.1, 0.15) is 11.3 Å². The molecule has 1 aromatic rings. The summed E-state index contributed by atoms with van der Waals surface area (Å²) in [5.41, 5.74) is 0. The number of halogens is 1. The van der Waals surface area contributed by atoms with E-state index in [1.54, 1.807) is 11.3 Å². The van der Waals surface area contributed by atoms with Crippen molar-refractivity contribution in [1.29, 1.82) is 0 Å². The third-order valence-electron chi connectivity index (χ3n) is 2.09. The Morgan fingerprint density at radius 1 is 1.69 bits per heavy atom. The first-order chi connectivity index (χ1) is 6.25. The molecule has 0 radical (unpaired) electrons. The molecule has 1 unspecified atom stereocenters. The van der Waals surface area contributed by atoms with E-state index in [0.717, 1.165) is 6.54 Å². The zero-order valence-electron chi connectivity index (χ0n) is 7.07. The van der Waals surface area contributed by atoms with Crippen LogP contribution in [0.5, 0.6) is 0 Å². The fourth-order valence-electron chi connectivity index (χ4n) is 1.47. The highest BCUT2D eigenvalue weighted by Gasteiger charge is 2.27. The molecule has 0 aromatic carbocycles. The van der Waals surface area contributed by atoms with Crippen molar-refractivity contribution in [2.45, 2.75) is 18.3 Å². The van der Waals surface area contributed by atoms with Gasteiger partial charge in [0.15, 0.2) is 0 Å². The van der Waals surface area contributed by atoms with Gasteiger partial charge in [0.2, 0.25) is 5.91 Å². The summed E-state index contributed by atoms with van der Waals surface area (Å²) >= 11 is 7.56. The topological polar surface area (TPSA) is 20.3 Å². The smallest absolute Gasteiger partial charge is 0.224 e. The van der Waals surface area contributed by atoms with Crippen molar-refractivity contribution in [3.05, 3.63) is 22.4 Å². The van der Waals surface area contributed by atoms with Gasteiger partial charge in [-0.3, -0.25) is 4.79 Å². The van der Waals surface area contributed by atoms with Gasteiger partial charge in [-0.2, -0.15) is 0 Å². The lowest BCUT2D eigenvalue weighted by molar-refractivity contribution is -0.128. The molecule has 13 heavy (non-hydrogen) atoms. The highest BCUT2D eigenvalue weighted by Crippen LogP contribution is 2.20. The predicted octanol–water partition coefficient (Wildman–Crippen LogP) is 2.09. The van der Waals surface area contributed by atoms with E-state index in [2.05, 4.69) is 0 Å². The summed E-state index contributed by atoms with van der Waals surface area (Å²) in [4.78, 5) is 14.4. The van der Waals surface area contributed by atoms with Gasteiger partial charge < -0.3 is 4.90 Å². The van der Waals surface area contributed by atoms with Gasteiger partial charge in [0, 0.05) is 17.8 Å². The quantitative estimate of drug-likeness (QED) is 0.692. The molecule has 1 amide bonds. The summed E-state index contributed by atoms with van der Waals surface area (Å²) in [6.07, 6.45) is 0.493. The number of rotatable bonds is 2. The molecule has 2 nitrogen and oxygen atoms in total. The standard InChI is InChI=1S/C9H10ClNOS/c10-7-4-9(12)11(5-7)6-8-2-1-3-13-8/h1-3,7H,4-6H2. The van der Waals surface area contributed by atoms with Crippen molar-refractivity contribution in [2.75, 3.05) is 6.54 Å². The Morgan fingerprint density at radius 2 is 2.54 bits per heavy atom. The molecule has 1 fully saturated rings. The lowest BCUT2D eigenvalue weighted by Gasteiger charge is -2.13. The van der Waals surface area contributed by atoms with Crippen LogP contribution in [0, 0.1) is 0 Å². The second kappa shape index (κ2) is 3.68. The Bertz CT molecular complexity index is 299. The van der Waals surface area contributed by atoms with Crippen molar-refractivity contribution >= 4 is 28.8 Å². The van der Waals surface area contributed by atoms with Crippen LogP contribution in [0.3, 0.4) is 0 Å². The minimum atomic E-state index is 0.00691. The Hall–Kier alpha value is -0.540. The molecule has 2 rings (SSSR count). The average Bonchev–Trinajstić information content (AvgIpc) is 2.63. The highest BCUT2D eigenvalue weighted by atomic mass is 35.5. The monoisotopic (exact) mass is 215 g/mol. The van der Waals surface area contributed by atoms with Crippen LogP contribution in [0.25, 0.3) is 0 Å². The minimum Gasteiger partial charge on any atom is -0.336 e. The van der Waals surface area contributed by atoms with Crippen LogP contribution in [0.4, 0.5) is 0 Å². The van der Waals surface area contributed by atoms with E-state index in [0.29, 0.717) is 13.0 Å². The molecule has 0 bridgehead atoms. The average molecular weight is 216 g/mol. The second-order valence-corrected chi connectivity index (χ2v) is 4.80. The third kappa shape index (κ3) is 2.03. The second-order valence-electron chi connectivity index (χ2n) is 3.16. The summed E-state index contributed by atoms with van der Waals surface area (Å²) in [7, 11) is 0. The Morgan fingerprint density at radius 3 is 3.08 bits per heavy atom. The molecule has 0 spiro atoms. The first-order valence-corrected chi connectivity index (χ1v) is 5.51. The first kappa shape index (κ1) is 9.03. The van der Waals surface area contributed by atoms with Crippen molar-refractivity contribution in [3.8, 4) is 0 Å². The molecule has 1 aliphatic heterocycles. The fourth-order valence-corrected chi connectivity index (χ4v) is 2.49. The van der Waals surface area contributed by atoms with E-state index in [1.165, 1.54) is 4.88 Å². The zero-order chi connectivity index (χ0) is 9.26. The molecule has 1 atom stereocenters. The maximum atomic E-state index is 11.4. The van der Waals surface area contributed by atoms with E-state index in [4.69, 9.17) is 11.6 Å². The molecule has 4 heteroatoms. The fraction of sp³-hybridized carbons (Fsp3) is 0.444. The lowest BCUT2D eigenvalue weighted by Crippen LogP contribution is -2.24. The number of carbonyl (C=O) groups is 1. The van der Waals surface area contributed by atoms with Gasteiger partial charge in [0.1, 0.15) is 0 Å². The van der Waals surface area contributed by atoms with E-state index in [9.17, 15) is 4.79 Å². The van der Waals surface area contributed by atoms with Crippen molar-refractivity contribution in [2.24, 2.45) is 0 Å². The van der Waals surface area contributed by atoms with Crippen LogP contribution in [0.15, 0.2) is 17.5 Å². The lowest BCUT2D eigenvalue weighted by atomic mass is 10.4. The van der Waals surface area contributed by atoms with Crippen molar-refractivity contribution in [1.82, 2.24) is 4.90 Å². The normalized spacial score (nSPS) is 22.7. The van der Waals surface area contributed by atoms with Crippen LogP contribution >= 0.6 is 22.9 Å². The maximum Gasteiger partial charge on any atom is 0.224 e. The SMILES string of the molecule is O=C1CC(Cl)CN1Cc1cccs1. The number of hydrogen-bond donors (Lipinski definition) is 0. The molecule has 2 heterocycles. The van der Waals surface area contributed by atoms with E-state index in [-0.39, 0.29) is 11.3 Å². The largest absolute Gasteiger partial charge is 0.336 e. The van der Waals surface area contributed by atoms with Gasteiger partial charge in [-0.05, 0) is 11.4 Å². The molecule has 1 saturated heterocycles. The molecule has 0 N–H and O–H groups in total.